The molecule has 0 atom stereocenters. The number of halogens is 4. The molecule has 2 rings (SSSR count). The SMILES string of the molecule is COc1cccn(Cc2cccc(C(F)(F)F)c2F)c1=O. The molecule has 0 saturated heterocycles. The number of ether oxygens (including phenoxy) is 1. The summed E-state index contributed by atoms with van der Waals surface area (Å²) in [5, 5.41) is 0. The molecule has 0 aliphatic heterocycles. The third-order valence-electron chi connectivity index (χ3n) is 2.93. The molecule has 7 heteroatoms. The number of pyridine rings is 1. The first-order valence-corrected chi connectivity index (χ1v) is 5.92. The van der Waals surface area contributed by atoms with Crippen LogP contribution in [0.15, 0.2) is 41.3 Å². The molecule has 0 saturated carbocycles. The van der Waals surface area contributed by atoms with Crippen molar-refractivity contribution in [3.63, 3.8) is 0 Å². The Labute approximate surface area is 117 Å². The highest BCUT2D eigenvalue weighted by Crippen LogP contribution is 2.32. The zero-order valence-corrected chi connectivity index (χ0v) is 10.9. The Bertz CT molecular complexity index is 707. The molecule has 3 nitrogen and oxygen atoms in total. The van der Waals surface area contributed by atoms with Crippen LogP contribution in [-0.4, -0.2) is 11.7 Å². The van der Waals surface area contributed by atoms with Gasteiger partial charge in [-0.05, 0) is 18.2 Å². The molecule has 0 amide bonds. The van der Waals surface area contributed by atoms with Gasteiger partial charge in [-0.3, -0.25) is 4.79 Å². The average Bonchev–Trinajstić information content (AvgIpc) is 2.42. The van der Waals surface area contributed by atoms with Gasteiger partial charge >= 0.3 is 6.18 Å². The molecular formula is C14H11F4NO2. The van der Waals surface area contributed by atoms with Gasteiger partial charge < -0.3 is 9.30 Å². The molecule has 0 radical (unpaired) electrons. The molecule has 1 aromatic carbocycles. The van der Waals surface area contributed by atoms with E-state index in [2.05, 4.69) is 0 Å². The summed E-state index contributed by atoms with van der Waals surface area (Å²) in [5.41, 5.74) is -2.12. The van der Waals surface area contributed by atoms with Gasteiger partial charge in [-0.25, -0.2) is 4.39 Å². The van der Waals surface area contributed by atoms with Gasteiger partial charge in [-0.15, -0.1) is 0 Å². The summed E-state index contributed by atoms with van der Waals surface area (Å²) < 4.78 is 57.7. The van der Waals surface area contributed by atoms with Crippen molar-refractivity contribution in [3.05, 3.63) is 63.8 Å². The number of hydrogen-bond acceptors (Lipinski definition) is 2. The molecule has 0 aliphatic carbocycles. The summed E-state index contributed by atoms with van der Waals surface area (Å²) in [4.78, 5) is 11.9. The third-order valence-corrected chi connectivity index (χ3v) is 2.93. The first-order chi connectivity index (χ1) is 9.84. The number of aromatic nitrogens is 1. The van der Waals surface area contributed by atoms with Gasteiger partial charge in [0, 0.05) is 11.8 Å². The number of alkyl halides is 3. The van der Waals surface area contributed by atoms with E-state index in [9.17, 15) is 22.4 Å². The van der Waals surface area contributed by atoms with Crippen molar-refractivity contribution in [1.29, 1.82) is 0 Å². The highest BCUT2D eigenvalue weighted by Gasteiger charge is 2.34. The Kier molecular flexibility index (Phi) is 4.02. The zero-order valence-electron chi connectivity index (χ0n) is 10.9. The fraction of sp³-hybridized carbons (Fsp3) is 0.214. The van der Waals surface area contributed by atoms with E-state index in [1.54, 1.807) is 0 Å². The van der Waals surface area contributed by atoms with E-state index in [1.807, 2.05) is 0 Å². The second kappa shape index (κ2) is 5.59. The maximum Gasteiger partial charge on any atom is 0.419 e. The predicted octanol–water partition coefficient (Wildman–Crippen LogP) is 3.06. The summed E-state index contributed by atoms with van der Waals surface area (Å²) in [6.07, 6.45) is -3.43. The van der Waals surface area contributed by atoms with E-state index >= 15 is 0 Å². The van der Waals surface area contributed by atoms with Gasteiger partial charge in [0.15, 0.2) is 5.75 Å². The Hall–Kier alpha value is -2.31. The molecule has 0 N–H and O–H groups in total. The number of hydrogen-bond donors (Lipinski definition) is 0. The highest BCUT2D eigenvalue weighted by atomic mass is 19.4. The van der Waals surface area contributed by atoms with Crippen molar-refractivity contribution in [1.82, 2.24) is 4.57 Å². The van der Waals surface area contributed by atoms with Gasteiger partial charge in [-0.2, -0.15) is 13.2 Å². The van der Waals surface area contributed by atoms with E-state index < -0.39 is 23.1 Å². The molecule has 0 fully saturated rings. The topological polar surface area (TPSA) is 31.2 Å². The standard InChI is InChI=1S/C14H11F4NO2/c1-21-11-6-3-7-19(13(11)20)8-9-4-2-5-10(12(9)15)14(16,17)18/h2-7H,8H2,1H3. The number of nitrogens with zero attached hydrogens (tertiary/aromatic N) is 1. The van der Waals surface area contributed by atoms with Gasteiger partial charge in [0.25, 0.3) is 5.56 Å². The molecule has 1 heterocycles. The van der Waals surface area contributed by atoms with Crippen LogP contribution < -0.4 is 10.3 Å². The van der Waals surface area contributed by atoms with E-state index in [1.165, 1.54) is 31.5 Å². The maximum absolute atomic E-state index is 13.9. The summed E-state index contributed by atoms with van der Waals surface area (Å²) >= 11 is 0. The van der Waals surface area contributed by atoms with Crippen LogP contribution in [0.25, 0.3) is 0 Å². The number of benzene rings is 1. The predicted molar refractivity (Wildman–Crippen MR) is 67.8 cm³/mol. The van der Waals surface area contributed by atoms with E-state index in [0.717, 1.165) is 10.6 Å². The number of methoxy groups -OCH3 is 1. The summed E-state index contributed by atoms with van der Waals surface area (Å²) in [6, 6.07) is 5.88. The first kappa shape index (κ1) is 15.1. The quantitative estimate of drug-likeness (QED) is 0.816. The molecule has 0 spiro atoms. The van der Waals surface area contributed by atoms with Gasteiger partial charge in [0.1, 0.15) is 5.82 Å². The van der Waals surface area contributed by atoms with Crippen molar-refractivity contribution >= 4 is 0 Å². The van der Waals surface area contributed by atoms with Crippen molar-refractivity contribution in [3.8, 4) is 5.75 Å². The second-order valence-electron chi connectivity index (χ2n) is 4.29. The highest BCUT2D eigenvalue weighted by molar-refractivity contribution is 5.29. The minimum absolute atomic E-state index is 0.0323. The van der Waals surface area contributed by atoms with Crippen LogP contribution in [0.2, 0.25) is 0 Å². The fourth-order valence-electron chi connectivity index (χ4n) is 1.90. The smallest absolute Gasteiger partial charge is 0.419 e. The van der Waals surface area contributed by atoms with E-state index in [0.29, 0.717) is 6.07 Å². The normalized spacial score (nSPS) is 11.5. The Morgan fingerprint density at radius 3 is 2.52 bits per heavy atom. The summed E-state index contributed by atoms with van der Waals surface area (Å²) in [7, 11) is 1.30. The third kappa shape index (κ3) is 3.07. The van der Waals surface area contributed by atoms with Crippen LogP contribution in [0, 0.1) is 5.82 Å². The fourth-order valence-corrected chi connectivity index (χ4v) is 1.90. The van der Waals surface area contributed by atoms with Gasteiger partial charge in [0.05, 0.1) is 19.2 Å². The van der Waals surface area contributed by atoms with Crippen LogP contribution in [0.4, 0.5) is 17.6 Å². The Morgan fingerprint density at radius 2 is 1.90 bits per heavy atom. The summed E-state index contributed by atoms with van der Waals surface area (Å²) in [5.74, 6) is -1.34. The van der Waals surface area contributed by atoms with Crippen LogP contribution in [-0.2, 0) is 12.7 Å². The average molecular weight is 301 g/mol. The largest absolute Gasteiger partial charge is 0.491 e. The molecular weight excluding hydrogens is 290 g/mol. The zero-order chi connectivity index (χ0) is 15.6. The minimum Gasteiger partial charge on any atom is -0.491 e. The van der Waals surface area contributed by atoms with E-state index in [-0.39, 0.29) is 17.9 Å². The first-order valence-electron chi connectivity index (χ1n) is 5.92. The lowest BCUT2D eigenvalue weighted by Gasteiger charge is -2.12. The van der Waals surface area contributed by atoms with Crippen molar-refractivity contribution in [2.24, 2.45) is 0 Å². The second-order valence-corrected chi connectivity index (χ2v) is 4.29. The molecule has 1 aromatic heterocycles. The van der Waals surface area contributed by atoms with Crippen LogP contribution >= 0.6 is 0 Å². The molecule has 0 bridgehead atoms. The molecule has 0 aliphatic rings. The molecule has 112 valence electrons. The minimum atomic E-state index is -4.78. The molecule has 0 unspecified atom stereocenters. The maximum atomic E-state index is 13.9. The van der Waals surface area contributed by atoms with E-state index in [4.69, 9.17) is 4.74 Å². The van der Waals surface area contributed by atoms with Crippen LogP contribution in [0.1, 0.15) is 11.1 Å². The van der Waals surface area contributed by atoms with Crippen molar-refractivity contribution in [2.45, 2.75) is 12.7 Å². The Balaban J connectivity index is 2.44. The lowest BCUT2D eigenvalue weighted by Crippen LogP contribution is -2.22. The monoisotopic (exact) mass is 301 g/mol. The van der Waals surface area contributed by atoms with Crippen molar-refractivity contribution < 1.29 is 22.3 Å². The van der Waals surface area contributed by atoms with Crippen LogP contribution in [0.5, 0.6) is 5.75 Å². The lowest BCUT2D eigenvalue weighted by atomic mass is 10.1. The lowest BCUT2D eigenvalue weighted by molar-refractivity contribution is -0.140. The van der Waals surface area contributed by atoms with Gasteiger partial charge in [-0.1, -0.05) is 12.1 Å². The Morgan fingerprint density at radius 1 is 1.19 bits per heavy atom. The van der Waals surface area contributed by atoms with Crippen LogP contribution in [0.3, 0.4) is 0 Å². The van der Waals surface area contributed by atoms with Crippen molar-refractivity contribution in [2.75, 3.05) is 7.11 Å². The molecule has 21 heavy (non-hydrogen) atoms. The molecule has 2 aromatic rings. The van der Waals surface area contributed by atoms with Gasteiger partial charge in [0.2, 0.25) is 0 Å². The number of rotatable bonds is 3. The summed E-state index contributed by atoms with van der Waals surface area (Å²) in [6.45, 7) is -0.314.